The summed E-state index contributed by atoms with van der Waals surface area (Å²) in [6.45, 7) is 6.29. The number of carbonyl (C=O) groups excluding carboxylic acids is 2. The van der Waals surface area contributed by atoms with Gasteiger partial charge in [-0.2, -0.15) is 0 Å². The van der Waals surface area contributed by atoms with E-state index in [1.54, 1.807) is 0 Å². The Morgan fingerprint density at radius 2 is 1.02 bits per heavy atom. The number of ether oxygens (including phenoxy) is 1. The first-order chi connectivity index (χ1) is 26.5. The van der Waals surface area contributed by atoms with Crippen LogP contribution in [0.4, 0.5) is 0 Å². The Balaban J connectivity index is 4.65. The minimum atomic E-state index is -0.792. The summed E-state index contributed by atoms with van der Waals surface area (Å²) in [4.78, 5) is 26.0. The van der Waals surface area contributed by atoms with Crippen LogP contribution >= 0.6 is 0 Å². The van der Waals surface area contributed by atoms with E-state index >= 15 is 0 Å². The monoisotopic (exact) mass is 758 g/mol. The lowest BCUT2D eigenvalue weighted by Crippen LogP contribution is -2.46. The van der Waals surface area contributed by atoms with E-state index in [1.807, 2.05) is 0 Å². The molecule has 0 radical (unpaired) electrons. The molecule has 0 aliphatic carbocycles. The number of allylic oxidation sites excluding steroid dienone is 8. The van der Waals surface area contributed by atoms with Crippen molar-refractivity contribution < 1.29 is 24.5 Å². The predicted octanol–water partition coefficient (Wildman–Crippen LogP) is 13.1. The van der Waals surface area contributed by atoms with Crippen molar-refractivity contribution in [1.82, 2.24) is 5.32 Å². The third kappa shape index (κ3) is 36.8. The van der Waals surface area contributed by atoms with Crippen LogP contribution in [0, 0.1) is 0 Å². The van der Waals surface area contributed by atoms with Gasteiger partial charge < -0.3 is 20.3 Å². The number of amides is 1. The highest BCUT2D eigenvalue weighted by Crippen LogP contribution is 2.17. The Kier molecular flexibility index (Phi) is 40.3. The second kappa shape index (κ2) is 42.0. The number of hydrogen-bond donors (Lipinski definition) is 3. The number of aliphatic hydroxyl groups excluding tert-OH is 2. The number of rotatable bonds is 40. The van der Waals surface area contributed by atoms with Crippen molar-refractivity contribution in [3.63, 3.8) is 0 Å². The Labute approximate surface area is 334 Å². The molecule has 3 unspecified atom stereocenters. The first kappa shape index (κ1) is 51.8. The summed E-state index contributed by atoms with van der Waals surface area (Å²) in [5, 5.41) is 23.6. The minimum Gasteiger partial charge on any atom is -0.462 e. The molecule has 0 saturated carbocycles. The van der Waals surface area contributed by atoms with Crippen LogP contribution in [0.15, 0.2) is 48.6 Å². The van der Waals surface area contributed by atoms with Gasteiger partial charge in [-0.15, -0.1) is 0 Å². The van der Waals surface area contributed by atoms with Gasteiger partial charge in [0.2, 0.25) is 5.91 Å². The van der Waals surface area contributed by atoms with Crippen LogP contribution in [0.5, 0.6) is 0 Å². The SMILES string of the molecule is CC/C=C/C=C/C=C/CCCCCCCC(CC(=O)NC(CO)C(O)CCCCCCCCCCCC)OC(=O)CCCCCCC/C=C\CCCCC. The highest BCUT2D eigenvalue weighted by molar-refractivity contribution is 5.77. The van der Waals surface area contributed by atoms with Crippen molar-refractivity contribution in [2.75, 3.05) is 6.61 Å². The number of nitrogens with one attached hydrogen (secondary N) is 1. The van der Waals surface area contributed by atoms with Gasteiger partial charge in [-0.3, -0.25) is 9.59 Å². The lowest BCUT2D eigenvalue weighted by molar-refractivity contribution is -0.151. The minimum absolute atomic E-state index is 0.0605. The summed E-state index contributed by atoms with van der Waals surface area (Å²) in [6, 6.07) is -0.707. The molecule has 0 spiro atoms. The highest BCUT2D eigenvalue weighted by atomic mass is 16.5. The maximum Gasteiger partial charge on any atom is 0.306 e. The zero-order valence-corrected chi connectivity index (χ0v) is 35.6. The normalized spacial score (nSPS) is 13.8. The fourth-order valence-corrected chi connectivity index (χ4v) is 6.72. The molecule has 0 heterocycles. The Bertz CT molecular complexity index is 941. The molecule has 54 heavy (non-hydrogen) atoms. The van der Waals surface area contributed by atoms with E-state index < -0.39 is 18.2 Å². The van der Waals surface area contributed by atoms with E-state index in [0.717, 1.165) is 89.9 Å². The van der Waals surface area contributed by atoms with Crippen LogP contribution < -0.4 is 5.32 Å². The smallest absolute Gasteiger partial charge is 0.306 e. The lowest BCUT2D eigenvalue weighted by atomic mass is 10.0. The van der Waals surface area contributed by atoms with Gasteiger partial charge in [-0.25, -0.2) is 0 Å². The molecule has 1 amide bonds. The summed E-state index contributed by atoms with van der Waals surface area (Å²) in [5.74, 6) is -0.507. The summed E-state index contributed by atoms with van der Waals surface area (Å²) in [6.07, 6.45) is 48.8. The van der Waals surface area contributed by atoms with Crippen molar-refractivity contribution in [3.05, 3.63) is 48.6 Å². The molecule has 3 N–H and O–H groups in total. The van der Waals surface area contributed by atoms with Crippen LogP contribution in [0.25, 0.3) is 0 Å². The van der Waals surface area contributed by atoms with E-state index in [2.05, 4.69) is 74.7 Å². The average Bonchev–Trinajstić information content (AvgIpc) is 3.16. The fraction of sp³-hybridized carbons (Fsp3) is 0.792. The molecule has 0 fully saturated rings. The molecule has 6 heteroatoms. The van der Waals surface area contributed by atoms with Gasteiger partial charge in [0.25, 0.3) is 0 Å². The van der Waals surface area contributed by atoms with Crippen molar-refractivity contribution in [3.8, 4) is 0 Å². The second-order valence-electron chi connectivity index (χ2n) is 15.5. The van der Waals surface area contributed by atoms with Gasteiger partial charge in [-0.05, 0) is 70.6 Å². The molecule has 314 valence electrons. The Hall–Kier alpha value is -2.18. The quantitative estimate of drug-likeness (QED) is 0.0250. The van der Waals surface area contributed by atoms with E-state index in [9.17, 15) is 19.8 Å². The molecule has 6 nitrogen and oxygen atoms in total. The third-order valence-corrected chi connectivity index (χ3v) is 10.2. The first-order valence-corrected chi connectivity index (χ1v) is 22.9. The van der Waals surface area contributed by atoms with Crippen LogP contribution in [0.3, 0.4) is 0 Å². The average molecular weight is 758 g/mol. The van der Waals surface area contributed by atoms with Crippen LogP contribution in [0.2, 0.25) is 0 Å². The van der Waals surface area contributed by atoms with E-state index in [0.29, 0.717) is 19.3 Å². The van der Waals surface area contributed by atoms with Crippen LogP contribution in [0.1, 0.15) is 220 Å². The maximum absolute atomic E-state index is 13.1. The molecule has 0 aliphatic rings. The number of hydrogen-bond acceptors (Lipinski definition) is 5. The van der Waals surface area contributed by atoms with Gasteiger partial charge in [0.1, 0.15) is 6.10 Å². The molecular formula is C48H87NO5. The van der Waals surface area contributed by atoms with E-state index in [-0.39, 0.29) is 24.9 Å². The molecule has 3 atom stereocenters. The van der Waals surface area contributed by atoms with Crippen molar-refractivity contribution in [1.29, 1.82) is 0 Å². The van der Waals surface area contributed by atoms with Crippen molar-refractivity contribution >= 4 is 11.9 Å². The molecule has 0 rings (SSSR count). The number of esters is 1. The number of unbranched alkanes of at least 4 members (excludes halogenated alkanes) is 22. The van der Waals surface area contributed by atoms with Crippen LogP contribution in [-0.4, -0.2) is 46.9 Å². The second-order valence-corrected chi connectivity index (χ2v) is 15.5. The largest absolute Gasteiger partial charge is 0.462 e. The van der Waals surface area contributed by atoms with Crippen LogP contribution in [-0.2, 0) is 14.3 Å². The third-order valence-electron chi connectivity index (χ3n) is 10.2. The topological polar surface area (TPSA) is 95.9 Å². The summed E-state index contributed by atoms with van der Waals surface area (Å²) >= 11 is 0. The Morgan fingerprint density at radius 3 is 1.59 bits per heavy atom. The summed E-state index contributed by atoms with van der Waals surface area (Å²) < 4.78 is 5.89. The molecular weight excluding hydrogens is 671 g/mol. The van der Waals surface area contributed by atoms with E-state index in [1.165, 1.54) is 83.5 Å². The maximum atomic E-state index is 13.1. The summed E-state index contributed by atoms with van der Waals surface area (Å²) in [7, 11) is 0. The van der Waals surface area contributed by atoms with Gasteiger partial charge in [-0.1, -0.05) is 185 Å². The molecule has 0 bridgehead atoms. The highest BCUT2D eigenvalue weighted by Gasteiger charge is 2.24. The summed E-state index contributed by atoms with van der Waals surface area (Å²) in [5.41, 5.74) is 0. The van der Waals surface area contributed by atoms with Crippen molar-refractivity contribution in [2.45, 2.75) is 238 Å². The lowest BCUT2D eigenvalue weighted by Gasteiger charge is -2.24. The predicted molar refractivity (Wildman–Crippen MR) is 232 cm³/mol. The number of aliphatic hydroxyl groups is 2. The van der Waals surface area contributed by atoms with Gasteiger partial charge in [0.05, 0.1) is 25.2 Å². The molecule has 0 aromatic rings. The molecule has 0 aromatic heterocycles. The molecule has 0 saturated heterocycles. The fourth-order valence-electron chi connectivity index (χ4n) is 6.72. The van der Waals surface area contributed by atoms with Crippen molar-refractivity contribution in [2.24, 2.45) is 0 Å². The first-order valence-electron chi connectivity index (χ1n) is 22.9. The Morgan fingerprint density at radius 1 is 0.556 bits per heavy atom. The van der Waals surface area contributed by atoms with Gasteiger partial charge in [0.15, 0.2) is 0 Å². The standard InChI is InChI=1S/C48H87NO5/c1-4-7-10-13-16-19-22-24-25-27-30-33-36-39-44(54-48(53)41-38-35-32-29-26-23-20-17-14-11-8-5-2)42-47(52)49-45(43-50)46(51)40-37-34-31-28-21-18-15-12-9-6-3/h7,10,13,16-17,19-20,22,44-46,50-51H,4-6,8-9,11-12,14-15,18,21,23-43H2,1-3H3,(H,49,52)/b10-7+,16-13+,20-17-,22-19+. The molecule has 0 aromatic carbocycles. The zero-order chi connectivity index (χ0) is 39.6. The van der Waals surface area contributed by atoms with Gasteiger partial charge in [0, 0.05) is 6.42 Å². The molecule has 0 aliphatic heterocycles. The van der Waals surface area contributed by atoms with Gasteiger partial charge >= 0.3 is 5.97 Å². The zero-order valence-electron chi connectivity index (χ0n) is 35.6. The van der Waals surface area contributed by atoms with E-state index in [4.69, 9.17) is 4.74 Å². The number of carbonyl (C=O) groups is 2.